The Morgan fingerprint density at radius 1 is 1.46 bits per heavy atom. The van der Waals surface area contributed by atoms with E-state index >= 15 is 0 Å². The van der Waals surface area contributed by atoms with Crippen LogP contribution >= 0.6 is 0 Å². The van der Waals surface area contributed by atoms with Gasteiger partial charge in [0.05, 0.1) is 0 Å². The van der Waals surface area contributed by atoms with Gasteiger partial charge in [0, 0.05) is 32.7 Å². The second-order valence-electron chi connectivity index (χ2n) is 4.06. The van der Waals surface area contributed by atoms with Crippen molar-refractivity contribution in [3.05, 3.63) is 0 Å². The molecule has 76 valence electrons. The van der Waals surface area contributed by atoms with Gasteiger partial charge in [-0.2, -0.15) is 0 Å². The van der Waals surface area contributed by atoms with E-state index < -0.39 is 0 Å². The normalized spacial score (nSPS) is 20.2. The topological polar surface area (TPSA) is 49.6 Å². The van der Waals surface area contributed by atoms with Gasteiger partial charge in [0.2, 0.25) is 0 Å². The third kappa shape index (κ3) is 2.34. The summed E-state index contributed by atoms with van der Waals surface area (Å²) in [6, 6.07) is 0.201. The highest BCUT2D eigenvalue weighted by Crippen LogP contribution is 2.08. The number of hydrogen-bond donors (Lipinski definition) is 1. The summed E-state index contributed by atoms with van der Waals surface area (Å²) in [5, 5.41) is 0. The van der Waals surface area contributed by atoms with Crippen LogP contribution in [0.4, 0.5) is 4.79 Å². The zero-order valence-corrected chi connectivity index (χ0v) is 8.66. The molecule has 0 spiro atoms. The van der Waals surface area contributed by atoms with Crippen LogP contribution in [0.2, 0.25) is 0 Å². The molecule has 0 bridgehead atoms. The van der Waals surface area contributed by atoms with Crippen LogP contribution in [-0.4, -0.2) is 48.6 Å². The number of rotatable bonds is 3. The van der Waals surface area contributed by atoms with Crippen molar-refractivity contribution in [2.75, 3.05) is 26.7 Å². The first-order valence-corrected chi connectivity index (χ1v) is 4.78. The zero-order chi connectivity index (χ0) is 10.0. The lowest BCUT2D eigenvalue weighted by atomic mass is 10.1. The molecule has 1 heterocycles. The average molecular weight is 185 g/mol. The SMILES string of the molecule is CC(C)C(N)CN1CCN(C)C1=O. The number of likely N-dealkylation sites (N-methyl/N-ethyl adjacent to an activating group) is 1. The average Bonchev–Trinajstić information content (AvgIpc) is 2.36. The van der Waals surface area contributed by atoms with Gasteiger partial charge in [0.25, 0.3) is 0 Å². The van der Waals surface area contributed by atoms with Gasteiger partial charge in [-0.25, -0.2) is 4.79 Å². The molecular weight excluding hydrogens is 166 g/mol. The van der Waals surface area contributed by atoms with E-state index in [1.165, 1.54) is 0 Å². The summed E-state index contributed by atoms with van der Waals surface area (Å²) in [6.45, 7) is 6.48. The molecule has 0 aromatic carbocycles. The number of hydrogen-bond acceptors (Lipinski definition) is 2. The molecular formula is C9H19N3O. The Hall–Kier alpha value is -0.770. The number of amides is 2. The number of carbonyl (C=O) groups is 1. The number of nitrogens with zero attached hydrogens (tertiary/aromatic N) is 2. The molecule has 0 radical (unpaired) electrons. The fourth-order valence-electron chi connectivity index (χ4n) is 1.34. The van der Waals surface area contributed by atoms with E-state index in [1.54, 1.807) is 4.90 Å². The summed E-state index contributed by atoms with van der Waals surface area (Å²) in [6.07, 6.45) is 0. The van der Waals surface area contributed by atoms with Gasteiger partial charge >= 0.3 is 6.03 Å². The van der Waals surface area contributed by atoms with Crippen molar-refractivity contribution < 1.29 is 4.79 Å². The highest BCUT2D eigenvalue weighted by Gasteiger charge is 2.26. The van der Waals surface area contributed by atoms with Crippen molar-refractivity contribution in [1.82, 2.24) is 9.80 Å². The van der Waals surface area contributed by atoms with Crippen molar-refractivity contribution >= 4 is 6.03 Å². The van der Waals surface area contributed by atoms with Crippen LogP contribution in [0.15, 0.2) is 0 Å². The predicted molar refractivity (Wildman–Crippen MR) is 52.4 cm³/mol. The summed E-state index contributed by atoms with van der Waals surface area (Å²) in [7, 11) is 1.82. The number of urea groups is 1. The quantitative estimate of drug-likeness (QED) is 0.689. The minimum Gasteiger partial charge on any atom is -0.326 e. The van der Waals surface area contributed by atoms with Gasteiger partial charge in [0.15, 0.2) is 0 Å². The minimum atomic E-state index is 0.0930. The largest absolute Gasteiger partial charge is 0.326 e. The first-order chi connectivity index (χ1) is 6.02. The van der Waals surface area contributed by atoms with Crippen molar-refractivity contribution in [2.45, 2.75) is 19.9 Å². The third-order valence-electron chi connectivity index (χ3n) is 2.59. The Morgan fingerprint density at radius 2 is 2.08 bits per heavy atom. The summed E-state index contributed by atoms with van der Waals surface area (Å²) < 4.78 is 0. The van der Waals surface area contributed by atoms with Crippen LogP contribution in [0, 0.1) is 5.92 Å². The van der Waals surface area contributed by atoms with E-state index in [0.717, 1.165) is 13.1 Å². The third-order valence-corrected chi connectivity index (χ3v) is 2.59. The standard InChI is InChI=1S/C9H19N3O/c1-7(2)8(10)6-12-5-4-11(3)9(12)13/h7-8H,4-6,10H2,1-3H3. The Morgan fingerprint density at radius 3 is 2.46 bits per heavy atom. The first-order valence-electron chi connectivity index (χ1n) is 4.78. The summed E-state index contributed by atoms with van der Waals surface area (Å²) in [5.41, 5.74) is 5.89. The highest BCUT2D eigenvalue weighted by atomic mass is 16.2. The van der Waals surface area contributed by atoms with Gasteiger partial charge in [-0.3, -0.25) is 0 Å². The van der Waals surface area contributed by atoms with Crippen LogP contribution in [0.1, 0.15) is 13.8 Å². The molecule has 2 N–H and O–H groups in total. The smallest absolute Gasteiger partial charge is 0.319 e. The highest BCUT2D eigenvalue weighted by molar-refractivity contribution is 5.76. The van der Waals surface area contributed by atoms with Crippen LogP contribution in [0.3, 0.4) is 0 Å². The Kier molecular flexibility index (Phi) is 3.14. The molecule has 0 aliphatic carbocycles. The van der Waals surface area contributed by atoms with E-state index in [4.69, 9.17) is 5.73 Å². The van der Waals surface area contributed by atoms with Crippen LogP contribution in [0.5, 0.6) is 0 Å². The monoisotopic (exact) mass is 185 g/mol. The van der Waals surface area contributed by atoms with E-state index in [9.17, 15) is 4.79 Å². The molecule has 0 saturated carbocycles. The van der Waals surface area contributed by atoms with Crippen molar-refractivity contribution in [3.8, 4) is 0 Å². The van der Waals surface area contributed by atoms with E-state index in [2.05, 4.69) is 13.8 Å². The number of carbonyl (C=O) groups excluding carboxylic acids is 1. The van der Waals surface area contributed by atoms with Crippen molar-refractivity contribution in [2.24, 2.45) is 11.7 Å². The summed E-state index contributed by atoms with van der Waals surface area (Å²) >= 11 is 0. The van der Waals surface area contributed by atoms with Gasteiger partial charge < -0.3 is 15.5 Å². The molecule has 13 heavy (non-hydrogen) atoms. The molecule has 1 saturated heterocycles. The summed E-state index contributed by atoms with van der Waals surface area (Å²) in [5.74, 6) is 0.429. The molecule has 1 rings (SSSR count). The van der Waals surface area contributed by atoms with Gasteiger partial charge in [-0.15, -0.1) is 0 Å². The maximum absolute atomic E-state index is 11.5. The van der Waals surface area contributed by atoms with Gasteiger partial charge in [-0.05, 0) is 5.92 Å². The maximum atomic E-state index is 11.5. The van der Waals surface area contributed by atoms with E-state index in [-0.39, 0.29) is 12.1 Å². The number of nitrogens with two attached hydrogens (primary N) is 1. The Labute approximate surface area is 79.7 Å². The Bertz CT molecular complexity index is 193. The molecule has 1 atom stereocenters. The molecule has 0 aromatic heterocycles. The Balaban J connectivity index is 2.42. The molecule has 4 heteroatoms. The van der Waals surface area contributed by atoms with E-state index in [0.29, 0.717) is 12.5 Å². The maximum Gasteiger partial charge on any atom is 0.319 e. The summed E-state index contributed by atoms with van der Waals surface area (Å²) in [4.78, 5) is 15.0. The predicted octanol–water partition coefficient (Wildman–Crippen LogP) is 0.337. The first kappa shape index (κ1) is 10.3. The van der Waals surface area contributed by atoms with Gasteiger partial charge in [-0.1, -0.05) is 13.8 Å². The molecule has 1 unspecified atom stereocenters. The minimum absolute atomic E-state index is 0.0930. The molecule has 1 aliphatic rings. The fraction of sp³-hybridized carbons (Fsp3) is 0.889. The van der Waals surface area contributed by atoms with E-state index in [1.807, 2.05) is 11.9 Å². The lowest BCUT2D eigenvalue weighted by molar-refractivity contribution is 0.193. The zero-order valence-electron chi connectivity index (χ0n) is 8.66. The molecule has 1 aliphatic heterocycles. The molecule has 1 fully saturated rings. The lowest BCUT2D eigenvalue weighted by Gasteiger charge is -2.22. The fourth-order valence-corrected chi connectivity index (χ4v) is 1.34. The van der Waals surface area contributed by atoms with Crippen LogP contribution in [-0.2, 0) is 0 Å². The second kappa shape index (κ2) is 3.96. The molecule has 2 amide bonds. The second-order valence-corrected chi connectivity index (χ2v) is 4.06. The van der Waals surface area contributed by atoms with Crippen LogP contribution in [0.25, 0.3) is 0 Å². The van der Waals surface area contributed by atoms with Crippen molar-refractivity contribution in [1.29, 1.82) is 0 Å². The molecule has 0 aromatic rings. The molecule has 4 nitrogen and oxygen atoms in total. The van der Waals surface area contributed by atoms with Crippen molar-refractivity contribution in [3.63, 3.8) is 0 Å². The lowest BCUT2D eigenvalue weighted by Crippen LogP contribution is -2.42. The van der Waals surface area contributed by atoms with Crippen LogP contribution < -0.4 is 5.73 Å². The van der Waals surface area contributed by atoms with Gasteiger partial charge in [0.1, 0.15) is 0 Å².